The fourth-order valence-electron chi connectivity index (χ4n) is 2.13. The number of amides is 1. The first-order valence-corrected chi connectivity index (χ1v) is 6.43. The Hall–Kier alpha value is -1.68. The summed E-state index contributed by atoms with van der Waals surface area (Å²) in [6, 6.07) is 6.25. The Balaban J connectivity index is 2.09. The third kappa shape index (κ3) is 1.74. The van der Waals surface area contributed by atoms with Gasteiger partial charge in [0.05, 0.1) is 0 Å². The maximum Gasteiger partial charge on any atom is 0.227 e. The molecule has 0 atom stereocenters. The molecule has 0 unspecified atom stereocenters. The second-order valence-corrected chi connectivity index (χ2v) is 5.03. The summed E-state index contributed by atoms with van der Waals surface area (Å²) in [5, 5.41) is 2.96. The highest BCUT2D eigenvalue weighted by Crippen LogP contribution is 2.32. The van der Waals surface area contributed by atoms with Crippen molar-refractivity contribution in [3.05, 3.63) is 35.3 Å². The summed E-state index contributed by atoms with van der Waals surface area (Å²) in [6.45, 7) is 0. The lowest BCUT2D eigenvalue weighted by atomic mass is 10.00. The van der Waals surface area contributed by atoms with Crippen molar-refractivity contribution in [2.75, 3.05) is 11.9 Å². The number of carbonyl (C=O) groups excluding carboxylic acids is 1. The SMILES string of the molecule is CN1C(=O)CCc2ccc(-c3nccs3)cc21. The fourth-order valence-corrected chi connectivity index (χ4v) is 2.77. The smallest absolute Gasteiger partial charge is 0.227 e. The third-order valence-electron chi connectivity index (χ3n) is 3.11. The molecule has 0 aliphatic carbocycles. The molecule has 0 radical (unpaired) electrons. The van der Waals surface area contributed by atoms with Gasteiger partial charge < -0.3 is 4.90 Å². The maximum atomic E-state index is 11.7. The molecule has 1 amide bonds. The number of aryl methyl sites for hydroxylation is 1. The Morgan fingerprint density at radius 2 is 2.24 bits per heavy atom. The van der Waals surface area contributed by atoms with Crippen molar-refractivity contribution in [3.63, 3.8) is 0 Å². The average Bonchev–Trinajstić information content (AvgIpc) is 2.87. The molecule has 3 rings (SSSR count). The van der Waals surface area contributed by atoms with Gasteiger partial charge in [-0.05, 0) is 18.1 Å². The van der Waals surface area contributed by atoms with E-state index in [1.165, 1.54) is 5.56 Å². The summed E-state index contributed by atoms with van der Waals surface area (Å²) in [5.74, 6) is 0.189. The average molecular weight is 244 g/mol. The van der Waals surface area contributed by atoms with E-state index in [-0.39, 0.29) is 5.91 Å². The first-order chi connectivity index (χ1) is 8.25. The monoisotopic (exact) mass is 244 g/mol. The number of aromatic nitrogens is 1. The predicted octanol–water partition coefficient (Wildman–Crippen LogP) is 2.72. The van der Waals surface area contributed by atoms with Crippen molar-refractivity contribution in [3.8, 4) is 10.6 Å². The van der Waals surface area contributed by atoms with Gasteiger partial charge >= 0.3 is 0 Å². The van der Waals surface area contributed by atoms with E-state index in [0.29, 0.717) is 6.42 Å². The molecule has 17 heavy (non-hydrogen) atoms. The van der Waals surface area contributed by atoms with E-state index in [2.05, 4.69) is 23.2 Å². The van der Waals surface area contributed by atoms with Crippen LogP contribution in [0.4, 0.5) is 5.69 Å². The van der Waals surface area contributed by atoms with Crippen LogP contribution in [0, 0.1) is 0 Å². The van der Waals surface area contributed by atoms with Crippen LogP contribution in [0.5, 0.6) is 0 Å². The summed E-state index contributed by atoms with van der Waals surface area (Å²) in [4.78, 5) is 17.7. The quantitative estimate of drug-likeness (QED) is 0.772. The molecule has 86 valence electrons. The lowest BCUT2D eigenvalue weighted by Crippen LogP contribution is -2.31. The molecule has 1 aromatic carbocycles. The summed E-state index contributed by atoms with van der Waals surface area (Å²) < 4.78 is 0. The number of thiazole rings is 1. The molecular weight excluding hydrogens is 232 g/mol. The van der Waals surface area contributed by atoms with E-state index in [1.807, 2.05) is 12.4 Å². The zero-order valence-corrected chi connectivity index (χ0v) is 10.3. The molecule has 0 saturated carbocycles. The molecule has 0 N–H and O–H groups in total. The molecule has 2 aromatic rings. The summed E-state index contributed by atoms with van der Waals surface area (Å²) in [7, 11) is 1.84. The highest BCUT2D eigenvalue weighted by Gasteiger charge is 2.21. The topological polar surface area (TPSA) is 33.2 Å². The highest BCUT2D eigenvalue weighted by atomic mass is 32.1. The first-order valence-electron chi connectivity index (χ1n) is 5.55. The van der Waals surface area contributed by atoms with Crippen LogP contribution >= 0.6 is 11.3 Å². The van der Waals surface area contributed by atoms with Gasteiger partial charge in [0.1, 0.15) is 5.01 Å². The molecular formula is C13H12N2OS. The number of rotatable bonds is 1. The van der Waals surface area contributed by atoms with E-state index in [0.717, 1.165) is 22.7 Å². The first kappa shape index (κ1) is 10.5. The molecule has 1 aliphatic heterocycles. The highest BCUT2D eigenvalue weighted by molar-refractivity contribution is 7.13. The number of carbonyl (C=O) groups is 1. The van der Waals surface area contributed by atoms with Gasteiger partial charge in [0.25, 0.3) is 0 Å². The minimum absolute atomic E-state index is 0.189. The minimum atomic E-state index is 0.189. The van der Waals surface area contributed by atoms with Crippen LogP contribution in [-0.2, 0) is 11.2 Å². The van der Waals surface area contributed by atoms with Crippen molar-refractivity contribution in [2.24, 2.45) is 0 Å². The van der Waals surface area contributed by atoms with E-state index in [1.54, 1.807) is 22.4 Å². The Morgan fingerprint density at radius 1 is 1.35 bits per heavy atom. The van der Waals surface area contributed by atoms with E-state index in [4.69, 9.17) is 0 Å². The molecule has 1 aliphatic rings. The Morgan fingerprint density at radius 3 is 3.00 bits per heavy atom. The van der Waals surface area contributed by atoms with Crippen LogP contribution in [0.2, 0.25) is 0 Å². The van der Waals surface area contributed by atoms with Gasteiger partial charge in [-0.25, -0.2) is 4.98 Å². The standard InChI is InChI=1S/C13H12N2OS/c1-15-11-8-10(13-14-6-7-17-13)3-2-9(11)4-5-12(15)16/h2-3,6-8H,4-5H2,1H3. The van der Waals surface area contributed by atoms with Gasteiger partial charge in [-0.2, -0.15) is 0 Å². The van der Waals surface area contributed by atoms with E-state index < -0.39 is 0 Å². The maximum absolute atomic E-state index is 11.7. The van der Waals surface area contributed by atoms with E-state index in [9.17, 15) is 4.79 Å². The molecule has 0 saturated heterocycles. The Kier molecular flexibility index (Phi) is 2.44. The molecule has 4 heteroatoms. The molecule has 0 spiro atoms. The summed E-state index contributed by atoms with van der Waals surface area (Å²) in [6.07, 6.45) is 3.26. The van der Waals surface area contributed by atoms with Crippen molar-refractivity contribution in [1.29, 1.82) is 0 Å². The van der Waals surface area contributed by atoms with Gasteiger partial charge in [-0.1, -0.05) is 12.1 Å². The molecule has 0 bridgehead atoms. The summed E-state index contributed by atoms with van der Waals surface area (Å²) >= 11 is 1.61. The number of anilines is 1. The normalized spacial score (nSPS) is 14.9. The lowest BCUT2D eigenvalue weighted by molar-refractivity contribution is -0.118. The van der Waals surface area contributed by atoms with Crippen LogP contribution in [0.3, 0.4) is 0 Å². The van der Waals surface area contributed by atoms with Gasteiger partial charge in [0.2, 0.25) is 5.91 Å². The summed E-state index contributed by atoms with van der Waals surface area (Å²) in [5.41, 5.74) is 3.35. The van der Waals surface area contributed by atoms with Crippen LogP contribution < -0.4 is 4.90 Å². The number of nitrogens with zero attached hydrogens (tertiary/aromatic N) is 2. The zero-order chi connectivity index (χ0) is 11.8. The van der Waals surface area contributed by atoms with E-state index >= 15 is 0 Å². The van der Waals surface area contributed by atoms with Crippen LogP contribution in [0.25, 0.3) is 10.6 Å². The Labute approximate surface area is 104 Å². The fraction of sp³-hybridized carbons (Fsp3) is 0.231. The number of hydrogen-bond acceptors (Lipinski definition) is 3. The third-order valence-corrected chi connectivity index (χ3v) is 3.93. The minimum Gasteiger partial charge on any atom is -0.315 e. The van der Waals surface area contributed by atoms with Crippen molar-refractivity contribution >= 4 is 22.9 Å². The molecule has 0 fully saturated rings. The molecule has 3 nitrogen and oxygen atoms in total. The zero-order valence-electron chi connectivity index (χ0n) is 9.51. The largest absolute Gasteiger partial charge is 0.315 e. The van der Waals surface area contributed by atoms with Crippen LogP contribution in [0.15, 0.2) is 29.8 Å². The second-order valence-electron chi connectivity index (χ2n) is 4.13. The van der Waals surface area contributed by atoms with Gasteiger partial charge in [-0.3, -0.25) is 4.79 Å². The number of benzene rings is 1. The predicted molar refractivity (Wildman–Crippen MR) is 69.3 cm³/mol. The second kappa shape index (κ2) is 3.96. The van der Waals surface area contributed by atoms with Crippen molar-refractivity contribution in [1.82, 2.24) is 4.98 Å². The van der Waals surface area contributed by atoms with Crippen molar-refractivity contribution in [2.45, 2.75) is 12.8 Å². The number of hydrogen-bond donors (Lipinski definition) is 0. The Bertz CT molecular complexity index is 563. The van der Waals surface area contributed by atoms with Gasteiger partial charge in [-0.15, -0.1) is 11.3 Å². The van der Waals surface area contributed by atoms with Crippen molar-refractivity contribution < 1.29 is 4.79 Å². The van der Waals surface area contributed by atoms with Crippen LogP contribution in [-0.4, -0.2) is 17.9 Å². The molecule has 2 heterocycles. The van der Waals surface area contributed by atoms with Crippen LogP contribution in [0.1, 0.15) is 12.0 Å². The molecule has 1 aromatic heterocycles. The lowest BCUT2D eigenvalue weighted by Gasteiger charge is -2.26. The van der Waals surface area contributed by atoms with Gasteiger partial charge in [0, 0.05) is 36.3 Å². The van der Waals surface area contributed by atoms with Gasteiger partial charge in [0.15, 0.2) is 0 Å². The number of fused-ring (bicyclic) bond motifs is 1.